The van der Waals surface area contributed by atoms with Gasteiger partial charge in [-0.2, -0.15) is 0 Å². The first-order valence-corrected chi connectivity index (χ1v) is 7.79. The van der Waals surface area contributed by atoms with Crippen molar-refractivity contribution in [3.8, 4) is 11.5 Å². The van der Waals surface area contributed by atoms with Gasteiger partial charge in [-0.25, -0.2) is 0 Å². The van der Waals surface area contributed by atoms with E-state index in [1.807, 2.05) is 39.8 Å². The van der Waals surface area contributed by atoms with Gasteiger partial charge < -0.3 is 20.3 Å². The van der Waals surface area contributed by atoms with Crippen LogP contribution in [0.3, 0.4) is 0 Å². The van der Waals surface area contributed by atoms with Crippen LogP contribution in [0.2, 0.25) is 0 Å². The highest BCUT2D eigenvalue weighted by Crippen LogP contribution is 2.44. The molecule has 2 rings (SSSR count). The van der Waals surface area contributed by atoms with Crippen LogP contribution in [0.15, 0.2) is 12.1 Å². The Hall–Kier alpha value is -1.26. The second kappa shape index (κ2) is 6.24. The molecule has 0 spiro atoms. The molecule has 1 aromatic rings. The summed E-state index contributed by atoms with van der Waals surface area (Å²) in [5, 5.41) is 10.8. The number of hydrogen-bond acceptors (Lipinski definition) is 4. The Labute approximate surface area is 127 Å². The van der Waals surface area contributed by atoms with Crippen LogP contribution < -0.4 is 15.2 Å². The van der Waals surface area contributed by atoms with Gasteiger partial charge >= 0.3 is 0 Å². The lowest BCUT2D eigenvalue weighted by Crippen LogP contribution is -2.33. The van der Waals surface area contributed by atoms with Gasteiger partial charge in [-0.15, -0.1) is 0 Å². The Kier molecular flexibility index (Phi) is 4.79. The highest BCUT2D eigenvalue weighted by atomic mass is 16.5. The molecule has 3 unspecified atom stereocenters. The summed E-state index contributed by atoms with van der Waals surface area (Å²) in [5.74, 6) is 1.60. The highest BCUT2D eigenvalue weighted by Gasteiger charge is 2.34. The van der Waals surface area contributed by atoms with Crippen molar-refractivity contribution in [2.24, 2.45) is 11.1 Å². The standard InChI is InChI=1S/C17H27NO3/c1-5-17(4,10-18)16(19)13-9-14-12(7-11(3)21-14)8-15(13)20-6-2/h8-9,11,16,19H,5-7,10,18H2,1-4H3. The summed E-state index contributed by atoms with van der Waals surface area (Å²) in [5.41, 5.74) is 7.44. The van der Waals surface area contributed by atoms with Gasteiger partial charge in [0.15, 0.2) is 0 Å². The summed E-state index contributed by atoms with van der Waals surface area (Å²) in [4.78, 5) is 0. The zero-order valence-corrected chi connectivity index (χ0v) is 13.5. The number of aliphatic hydroxyl groups excluding tert-OH is 1. The Balaban J connectivity index is 2.44. The number of nitrogens with two attached hydrogens (primary N) is 1. The molecule has 3 N–H and O–H groups in total. The summed E-state index contributed by atoms with van der Waals surface area (Å²) >= 11 is 0. The van der Waals surface area contributed by atoms with Gasteiger partial charge in [0.25, 0.3) is 0 Å². The monoisotopic (exact) mass is 293 g/mol. The third-order valence-corrected chi connectivity index (χ3v) is 4.56. The van der Waals surface area contributed by atoms with Gasteiger partial charge in [-0.1, -0.05) is 13.8 Å². The van der Waals surface area contributed by atoms with Gasteiger partial charge in [0.2, 0.25) is 0 Å². The molecule has 21 heavy (non-hydrogen) atoms. The molecule has 0 amide bonds. The van der Waals surface area contributed by atoms with Crippen molar-refractivity contribution < 1.29 is 14.6 Å². The summed E-state index contributed by atoms with van der Waals surface area (Å²) in [6.45, 7) is 9.04. The molecule has 118 valence electrons. The number of benzene rings is 1. The molecule has 1 aliphatic heterocycles. The lowest BCUT2D eigenvalue weighted by atomic mass is 9.78. The minimum absolute atomic E-state index is 0.175. The zero-order chi connectivity index (χ0) is 15.6. The lowest BCUT2D eigenvalue weighted by Gasteiger charge is -2.33. The zero-order valence-electron chi connectivity index (χ0n) is 13.5. The van der Waals surface area contributed by atoms with Crippen LogP contribution in [0.1, 0.15) is 51.3 Å². The third kappa shape index (κ3) is 3.01. The van der Waals surface area contributed by atoms with Crippen LogP contribution in [0.25, 0.3) is 0 Å². The maximum Gasteiger partial charge on any atom is 0.125 e. The molecule has 0 aliphatic carbocycles. The molecule has 0 fully saturated rings. The van der Waals surface area contributed by atoms with E-state index in [0.717, 1.165) is 35.5 Å². The fourth-order valence-corrected chi connectivity index (χ4v) is 2.77. The predicted molar refractivity (Wildman–Crippen MR) is 83.8 cm³/mol. The molecule has 3 atom stereocenters. The fourth-order valence-electron chi connectivity index (χ4n) is 2.77. The van der Waals surface area contributed by atoms with Crippen molar-refractivity contribution in [3.63, 3.8) is 0 Å². The van der Waals surface area contributed by atoms with Crippen LogP contribution in [-0.4, -0.2) is 24.4 Å². The molecule has 0 saturated heterocycles. The highest BCUT2D eigenvalue weighted by molar-refractivity contribution is 5.50. The second-order valence-electron chi connectivity index (χ2n) is 6.18. The first kappa shape index (κ1) is 16.1. The number of ether oxygens (including phenoxy) is 2. The maximum absolute atomic E-state index is 10.8. The number of hydrogen-bond donors (Lipinski definition) is 2. The number of aliphatic hydroxyl groups is 1. The number of rotatable bonds is 6. The molecule has 0 aromatic heterocycles. The van der Waals surface area contributed by atoms with Crippen molar-refractivity contribution in [2.45, 2.75) is 52.7 Å². The van der Waals surface area contributed by atoms with Crippen LogP contribution in [0, 0.1) is 5.41 Å². The quantitative estimate of drug-likeness (QED) is 0.846. The molecule has 1 aliphatic rings. The van der Waals surface area contributed by atoms with Crippen LogP contribution >= 0.6 is 0 Å². The van der Waals surface area contributed by atoms with E-state index in [-0.39, 0.29) is 11.5 Å². The normalized spacial score (nSPS) is 21.3. The SMILES string of the molecule is CCOc1cc2c(cc1C(O)C(C)(CC)CN)OC(C)C2. The van der Waals surface area contributed by atoms with Crippen molar-refractivity contribution in [1.29, 1.82) is 0 Å². The van der Waals surface area contributed by atoms with E-state index in [1.165, 1.54) is 0 Å². The van der Waals surface area contributed by atoms with Crippen molar-refractivity contribution in [3.05, 3.63) is 23.3 Å². The van der Waals surface area contributed by atoms with Crippen molar-refractivity contribution >= 4 is 0 Å². The van der Waals surface area contributed by atoms with E-state index in [9.17, 15) is 5.11 Å². The summed E-state index contributed by atoms with van der Waals surface area (Å²) < 4.78 is 11.6. The molecular formula is C17H27NO3. The van der Waals surface area contributed by atoms with E-state index >= 15 is 0 Å². The average Bonchev–Trinajstić information content (AvgIpc) is 2.84. The molecule has 0 radical (unpaired) electrons. The van der Waals surface area contributed by atoms with Crippen molar-refractivity contribution in [1.82, 2.24) is 0 Å². The molecule has 0 bridgehead atoms. The Bertz CT molecular complexity index is 497. The van der Waals surface area contributed by atoms with Gasteiger partial charge in [-0.3, -0.25) is 0 Å². The smallest absolute Gasteiger partial charge is 0.125 e. The average molecular weight is 293 g/mol. The minimum atomic E-state index is -0.668. The van der Waals surface area contributed by atoms with E-state index in [0.29, 0.717) is 13.2 Å². The molecule has 4 nitrogen and oxygen atoms in total. The van der Waals surface area contributed by atoms with Crippen LogP contribution in [0.5, 0.6) is 11.5 Å². The predicted octanol–water partition coefficient (Wildman–Crippen LogP) is 2.82. The van der Waals surface area contributed by atoms with E-state index in [4.69, 9.17) is 15.2 Å². The molecular weight excluding hydrogens is 266 g/mol. The van der Waals surface area contributed by atoms with E-state index in [1.54, 1.807) is 0 Å². The minimum Gasteiger partial charge on any atom is -0.493 e. The molecule has 1 heterocycles. The first-order valence-electron chi connectivity index (χ1n) is 7.79. The Morgan fingerprint density at radius 3 is 2.76 bits per heavy atom. The third-order valence-electron chi connectivity index (χ3n) is 4.56. The number of fused-ring (bicyclic) bond motifs is 1. The summed E-state index contributed by atoms with van der Waals surface area (Å²) in [6, 6.07) is 3.94. The summed E-state index contributed by atoms with van der Waals surface area (Å²) in [6.07, 6.45) is 1.19. The van der Waals surface area contributed by atoms with Gasteiger partial charge in [0.1, 0.15) is 17.6 Å². The molecule has 0 saturated carbocycles. The lowest BCUT2D eigenvalue weighted by molar-refractivity contribution is 0.0366. The van der Waals surface area contributed by atoms with Gasteiger partial charge in [0.05, 0.1) is 12.7 Å². The van der Waals surface area contributed by atoms with Crippen molar-refractivity contribution in [2.75, 3.05) is 13.2 Å². The van der Waals surface area contributed by atoms with E-state index < -0.39 is 6.10 Å². The van der Waals surface area contributed by atoms with Gasteiger partial charge in [0, 0.05) is 29.5 Å². The second-order valence-corrected chi connectivity index (χ2v) is 6.18. The Morgan fingerprint density at radius 2 is 2.19 bits per heavy atom. The van der Waals surface area contributed by atoms with Crippen LogP contribution in [-0.2, 0) is 6.42 Å². The first-order chi connectivity index (χ1) is 9.95. The van der Waals surface area contributed by atoms with E-state index in [2.05, 4.69) is 0 Å². The molecule has 1 aromatic carbocycles. The largest absolute Gasteiger partial charge is 0.493 e. The van der Waals surface area contributed by atoms with Crippen LogP contribution in [0.4, 0.5) is 0 Å². The van der Waals surface area contributed by atoms with Gasteiger partial charge in [-0.05, 0) is 32.4 Å². The topological polar surface area (TPSA) is 64.7 Å². The fraction of sp³-hybridized carbons (Fsp3) is 0.647. The molecule has 4 heteroatoms. The summed E-state index contributed by atoms with van der Waals surface area (Å²) in [7, 11) is 0. The maximum atomic E-state index is 10.8. The Morgan fingerprint density at radius 1 is 1.48 bits per heavy atom.